The smallest absolute Gasteiger partial charge is 0.154 e. The van der Waals surface area contributed by atoms with Gasteiger partial charge in [-0.3, -0.25) is 0 Å². The fourth-order valence-corrected chi connectivity index (χ4v) is 4.65. The zero-order chi connectivity index (χ0) is 15.3. The minimum absolute atomic E-state index is 0.170. The van der Waals surface area contributed by atoms with Crippen LogP contribution in [-0.2, 0) is 10.3 Å². The fraction of sp³-hybridized carbons (Fsp3) is 0.562. The monoisotopic (exact) mass is 324 g/mol. The first-order valence-corrected chi connectivity index (χ1v) is 8.62. The van der Waals surface area contributed by atoms with E-state index in [0.717, 1.165) is 18.2 Å². The van der Waals surface area contributed by atoms with Crippen LogP contribution in [0.3, 0.4) is 0 Å². The minimum Gasteiger partial charge on any atom is -0.379 e. The lowest BCUT2D eigenvalue weighted by molar-refractivity contribution is -0.0664. The molecule has 2 fully saturated rings. The van der Waals surface area contributed by atoms with Crippen molar-refractivity contribution in [2.45, 2.75) is 30.9 Å². The molecule has 6 heteroatoms. The summed E-state index contributed by atoms with van der Waals surface area (Å²) >= 11 is 1.52. The van der Waals surface area contributed by atoms with Gasteiger partial charge in [0.2, 0.25) is 0 Å². The molecular formula is C16H18F2N2OS. The molecule has 0 aromatic heterocycles. The molecule has 2 N–H and O–H groups in total. The molecular weight excluding hydrogens is 306 g/mol. The van der Waals surface area contributed by atoms with Gasteiger partial charge in [0.05, 0.1) is 12.7 Å². The molecule has 3 atom stereocenters. The Morgan fingerprint density at radius 1 is 1.32 bits per heavy atom. The van der Waals surface area contributed by atoms with E-state index in [4.69, 9.17) is 10.5 Å². The van der Waals surface area contributed by atoms with Crippen molar-refractivity contribution in [3.63, 3.8) is 0 Å². The van der Waals surface area contributed by atoms with E-state index in [0.29, 0.717) is 23.3 Å². The van der Waals surface area contributed by atoms with E-state index in [1.165, 1.54) is 36.7 Å². The number of halogens is 2. The summed E-state index contributed by atoms with van der Waals surface area (Å²) in [4.78, 5) is 4.58. The Morgan fingerprint density at radius 2 is 2.14 bits per heavy atom. The number of hydrogen-bond acceptors (Lipinski definition) is 4. The Bertz CT molecular complexity index is 635. The van der Waals surface area contributed by atoms with Gasteiger partial charge in [0.25, 0.3) is 0 Å². The Labute approximate surface area is 132 Å². The molecule has 3 nitrogen and oxygen atoms in total. The van der Waals surface area contributed by atoms with E-state index >= 15 is 0 Å². The van der Waals surface area contributed by atoms with Crippen molar-refractivity contribution in [1.29, 1.82) is 0 Å². The molecule has 0 unspecified atom stereocenters. The van der Waals surface area contributed by atoms with Gasteiger partial charge < -0.3 is 10.5 Å². The molecule has 2 heterocycles. The maximum atomic E-state index is 14.4. The van der Waals surface area contributed by atoms with E-state index in [-0.39, 0.29) is 12.0 Å². The molecule has 4 rings (SSSR count). The van der Waals surface area contributed by atoms with Crippen LogP contribution in [0.1, 0.15) is 24.8 Å². The van der Waals surface area contributed by atoms with E-state index in [1.54, 1.807) is 0 Å². The van der Waals surface area contributed by atoms with E-state index < -0.39 is 17.2 Å². The third-order valence-electron chi connectivity index (χ3n) is 5.00. The van der Waals surface area contributed by atoms with Gasteiger partial charge in [0, 0.05) is 23.3 Å². The molecule has 22 heavy (non-hydrogen) atoms. The van der Waals surface area contributed by atoms with Gasteiger partial charge in [-0.1, -0.05) is 17.8 Å². The van der Waals surface area contributed by atoms with Crippen LogP contribution in [0.5, 0.6) is 0 Å². The molecule has 0 radical (unpaired) electrons. The van der Waals surface area contributed by atoms with Crippen molar-refractivity contribution in [2.75, 3.05) is 12.4 Å². The number of nitrogens with two attached hydrogens (primary N) is 1. The predicted octanol–water partition coefficient (Wildman–Crippen LogP) is 3.04. The highest BCUT2D eigenvalue weighted by Gasteiger charge is 2.51. The summed E-state index contributed by atoms with van der Waals surface area (Å²) in [6.45, 7) is 0.322. The minimum atomic E-state index is -0.807. The molecule has 1 aromatic rings. The van der Waals surface area contributed by atoms with Crippen molar-refractivity contribution >= 4 is 16.9 Å². The van der Waals surface area contributed by atoms with Gasteiger partial charge in [0.1, 0.15) is 17.2 Å². The van der Waals surface area contributed by atoms with Crippen LogP contribution in [0.2, 0.25) is 0 Å². The highest BCUT2D eigenvalue weighted by Crippen LogP contribution is 2.50. The summed E-state index contributed by atoms with van der Waals surface area (Å²) in [6, 6.07) is 3.69. The molecule has 1 aromatic carbocycles. The molecule has 1 saturated heterocycles. The molecule has 0 spiro atoms. The largest absolute Gasteiger partial charge is 0.379 e. The van der Waals surface area contributed by atoms with E-state index in [1.807, 2.05) is 0 Å². The van der Waals surface area contributed by atoms with Crippen LogP contribution in [0.15, 0.2) is 23.2 Å². The van der Waals surface area contributed by atoms with Crippen molar-refractivity contribution in [3.8, 4) is 0 Å². The molecule has 118 valence electrons. The van der Waals surface area contributed by atoms with E-state index in [9.17, 15) is 8.78 Å². The maximum absolute atomic E-state index is 14.4. The summed E-state index contributed by atoms with van der Waals surface area (Å²) in [6.07, 6.45) is 3.55. The first-order chi connectivity index (χ1) is 10.6. The summed E-state index contributed by atoms with van der Waals surface area (Å²) in [7, 11) is 0. The van der Waals surface area contributed by atoms with Crippen LogP contribution in [0, 0.1) is 23.5 Å². The first kappa shape index (κ1) is 14.5. The van der Waals surface area contributed by atoms with Gasteiger partial charge >= 0.3 is 0 Å². The zero-order valence-corrected chi connectivity index (χ0v) is 12.9. The average molecular weight is 324 g/mol. The predicted molar refractivity (Wildman–Crippen MR) is 82.7 cm³/mol. The van der Waals surface area contributed by atoms with Gasteiger partial charge in [-0.05, 0) is 31.2 Å². The number of amidine groups is 1. The maximum Gasteiger partial charge on any atom is 0.154 e. The van der Waals surface area contributed by atoms with Crippen molar-refractivity contribution in [3.05, 3.63) is 35.4 Å². The van der Waals surface area contributed by atoms with Crippen LogP contribution in [-0.4, -0.2) is 23.6 Å². The van der Waals surface area contributed by atoms with Gasteiger partial charge in [-0.15, -0.1) is 0 Å². The number of ether oxygens (including phenoxy) is 1. The summed E-state index contributed by atoms with van der Waals surface area (Å²) in [5.41, 5.74) is 5.50. The Hall–Kier alpha value is -1.14. The Kier molecular flexibility index (Phi) is 3.42. The molecule has 0 bridgehead atoms. The SMILES string of the molecule is NC1=N[C@]2(c3ccc(F)cc3F)CO[C@H](C3CC3)C[C@@H]2CS1. The summed E-state index contributed by atoms with van der Waals surface area (Å²) < 4.78 is 33.7. The van der Waals surface area contributed by atoms with Crippen molar-refractivity contribution < 1.29 is 13.5 Å². The first-order valence-electron chi connectivity index (χ1n) is 7.64. The zero-order valence-electron chi connectivity index (χ0n) is 12.1. The third-order valence-corrected chi connectivity index (χ3v) is 5.95. The third kappa shape index (κ3) is 2.33. The van der Waals surface area contributed by atoms with Crippen molar-refractivity contribution in [1.82, 2.24) is 0 Å². The van der Waals surface area contributed by atoms with Gasteiger partial charge in [0.15, 0.2) is 5.17 Å². The fourth-order valence-electron chi connectivity index (χ4n) is 3.63. The van der Waals surface area contributed by atoms with Gasteiger partial charge in [-0.25, -0.2) is 13.8 Å². The number of rotatable bonds is 2. The van der Waals surface area contributed by atoms with Crippen LogP contribution < -0.4 is 5.73 Å². The second-order valence-electron chi connectivity index (χ2n) is 6.43. The van der Waals surface area contributed by atoms with Crippen molar-refractivity contribution in [2.24, 2.45) is 22.6 Å². The molecule has 0 amide bonds. The highest BCUT2D eigenvalue weighted by atomic mass is 32.2. The standard InChI is InChI=1S/C16H18F2N2OS/c17-11-3-4-12(13(18)6-11)16-8-21-14(9-1-2-9)5-10(16)7-22-15(19)20-16/h3-4,6,9-10,14H,1-2,5,7-8H2,(H2,19,20)/t10-,14+,16-/m1/s1. The number of benzene rings is 1. The Balaban J connectivity index is 1.75. The average Bonchev–Trinajstić information content (AvgIpc) is 3.31. The second-order valence-corrected chi connectivity index (χ2v) is 7.47. The van der Waals surface area contributed by atoms with Gasteiger partial charge in [-0.2, -0.15) is 0 Å². The number of thioether (sulfide) groups is 1. The van der Waals surface area contributed by atoms with Crippen LogP contribution >= 0.6 is 11.8 Å². The lowest BCUT2D eigenvalue weighted by Crippen LogP contribution is -2.50. The highest BCUT2D eigenvalue weighted by molar-refractivity contribution is 8.13. The molecule has 2 aliphatic heterocycles. The lowest BCUT2D eigenvalue weighted by atomic mass is 9.74. The summed E-state index contributed by atoms with van der Waals surface area (Å²) in [5, 5.41) is 0.452. The second kappa shape index (κ2) is 5.20. The van der Waals surface area contributed by atoms with E-state index in [2.05, 4.69) is 4.99 Å². The Morgan fingerprint density at radius 3 is 2.86 bits per heavy atom. The topological polar surface area (TPSA) is 47.6 Å². The normalized spacial score (nSPS) is 34.9. The summed E-state index contributed by atoms with van der Waals surface area (Å²) in [5.74, 6) is 0.470. The molecule has 1 saturated carbocycles. The number of aliphatic imine (C=N–C) groups is 1. The number of nitrogens with zero attached hydrogens (tertiary/aromatic N) is 1. The number of hydrogen-bond donors (Lipinski definition) is 1. The number of fused-ring (bicyclic) bond motifs is 1. The quantitative estimate of drug-likeness (QED) is 0.909. The lowest BCUT2D eigenvalue weighted by Gasteiger charge is -2.46. The van der Waals surface area contributed by atoms with Crippen LogP contribution in [0.25, 0.3) is 0 Å². The van der Waals surface area contributed by atoms with Crippen LogP contribution in [0.4, 0.5) is 8.78 Å². The molecule has 1 aliphatic carbocycles. The molecule has 3 aliphatic rings.